The van der Waals surface area contributed by atoms with Gasteiger partial charge in [0.2, 0.25) is 5.13 Å². The third-order valence-corrected chi connectivity index (χ3v) is 4.81. The van der Waals surface area contributed by atoms with E-state index in [0.717, 1.165) is 23.4 Å². The molecule has 0 aliphatic rings. The number of benzene rings is 2. The fraction of sp³-hybridized carbons (Fsp3) is 0.0588. The van der Waals surface area contributed by atoms with E-state index in [2.05, 4.69) is 20.2 Å². The van der Waals surface area contributed by atoms with Crippen LogP contribution in [0.15, 0.2) is 52.9 Å². The fourth-order valence-corrected chi connectivity index (χ4v) is 3.40. The molecule has 0 radical (unpaired) electrons. The first-order valence-corrected chi connectivity index (χ1v) is 9.36. The first kappa shape index (κ1) is 19.4. The zero-order chi connectivity index (χ0) is 19.4. The third kappa shape index (κ3) is 5.32. The van der Waals surface area contributed by atoms with Crippen molar-refractivity contribution in [1.82, 2.24) is 4.98 Å². The Bertz CT molecular complexity index is 962. The van der Waals surface area contributed by atoms with E-state index in [1.165, 1.54) is 17.6 Å². The molecule has 10 heteroatoms. The van der Waals surface area contributed by atoms with E-state index >= 15 is 0 Å². The number of nitrogens with one attached hydrogen (secondary N) is 1. The average Bonchev–Trinajstić information content (AvgIpc) is 3.07. The summed E-state index contributed by atoms with van der Waals surface area (Å²) in [6.07, 6.45) is -3.62. The molecular formula is C17H11F3IN3O2S. The van der Waals surface area contributed by atoms with E-state index in [1.54, 1.807) is 22.6 Å². The van der Waals surface area contributed by atoms with Gasteiger partial charge in [0.05, 0.1) is 15.5 Å². The number of hydrogen-bond donors (Lipinski definition) is 2. The van der Waals surface area contributed by atoms with Gasteiger partial charge in [-0.25, -0.2) is 4.98 Å². The lowest BCUT2D eigenvalue weighted by Crippen LogP contribution is -2.17. The van der Waals surface area contributed by atoms with E-state index in [4.69, 9.17) is 0 Å². The molecule has 0 spiro atoms. The second-order valence-electron chi connectivity index (χ2n) is 5.16. The summed E-state index contributed by atoms with van der Waals surface area (Å²) in [6, 6.07) is 11.7. The van der Waals surface area contributed by atoms with Gasteiger partial charge in [-0.2, -0.15) is 5.10 Å². The Balaban J connectivity index is 1.74. The first-order chi connectivity index (χ1) is 12.8. The quantitative estimate of drug-likeness (QED) is 0.275. The Labute approximate surface area is 169 Å². The molecule has 5 nitrogen and oxygen atoms in total. The standard InChI is InChI=1S/C17H11F3IN3O2S/c18-17(19,20)26-12-6-11(15(25)13(21)7-12)8-22-24-16-23-14(9-27-16)10-4-2-1-3-5-10/h1-9,25H,(H,23,24). The van der Waals surface area contributed by atoms with Crippen molar-refractivity contribution in [2.45, 2.75) is 6.36 Å². The average molecular weight is 505 g/mol. The number of thiazole rings is 1. The fourth-order valence-electron chi connectivity index (χ4n) is 2.11. The van der Waals surface area contributed by atoms with Crippen molar-refractivity contribution in [2.75, 3.05) is 5.43 Å². The summed E-state index contributed by atoms with van der Waals surface area (Å²) in [7, 11) is 0. The lowest BCUT2D eigenvalue weighted by Gasteiger charge is -2.11. The van der Waals surface area contributed by atoms with Gasteiger partial charge in [0.15, 0.2) is 0 Å². The predicted octanol–water partition coefficient (Wildman–Crippen LogP) is 5.46. The molecule has 0 unspecified atom stereocenters. The lowest BCUT2D eigenvalue weighted by atomic mass is 10.2. The maximum atomic E-state index is 12.4. The number of anilines is 1. The van der Waals surface area contributed by atoms with Gasteiger partial charge in [-0.3, -0.25) is 5.43 Å². The van der Waals surface area contributed by atoms with Crippen LogP contribution >= 0.6 is 33.9 Å². The zero-order valence-corrected chi connectivity index (χ0v) is 16.3. The molecule has 1 heterocycles. The summed E-state index contributed by atoms with van der Waals surface area (Å²) < 4.78 is 41.2. The van der Waals surface area contributed by atoms with Crippen molar-refractivity contribution in [2.24, 2.45) is 5.10 Å². The Hall–Kier alpha value is -2.34. The number of phenolic OH excluding ortho intramolecular Hbond substituents is 1. The smallest absolute Gasteiger partial charge is 0.506 e. The molecular weight excluding hydrogens is 494 g/mol. The van der Waals surface area contributed by atoms with Crippen LogP contribution in [0.5, 0.6) is 11.5 Å². The van der Waals surface area contributed by atoms with Gasteiger partial charge in [-0.1, -0.05) is 30.3 Å². The highest BCUT2D eigenvalue weighted by molar-refractivity contribution is 14.1. The highest BCUT2D eigenvalue weighted by atomic mass is 127. The molecule has 3 aromatic rings. The van der Waals surface area contributed by atoms with Crippen molar-refractivity contribution >= 4 is 45.3 Å². The van der Waals surface area contributed by atoms with E-state index in [1.807, 2.05) is 35.7 Å². The molecule has 0 fully saturated rings. The van der Waals surface area contributed by atoms with Crippen LogP contribution in [0.1, 0.15) is 5.56 Å². The van der Waals surface area contributed by atoms with E-state index in [0.29, 0.717) is 5.13 Å². The SMILES string of the molecule is Oc1c(I)cc(OC(F)(F)F)cc1C=NNc1nc(-c2ccccc2)cs1. The van der Waals surface area contributed by atoms with Crippen molar-refractivity contribution in [3.05, 3.63) is 57.0 Å². The number of nitrogens with zero attached hydrogens (tertiary/aromatic N) is 2. The van der Waals surface area contributed by atoms with Crippen molar-refractivity contribution in [3.8, 4) is 22.8 Å². The van der Waals surface area contributed by atoms with Crippen LogP contribution in [-0.4, -0.2) is 22.7 Å². The monoisotopic (exact) mass is 505 g/mol. The molecule has 3 rings (SSSR count). The van der Waals surface area contributed by atoms with Crippen molar-refractivity contribution in [3.63, 3.8) is 0 Å². The van der Waals surface area contributed by atoms with Crippen LogP contribution in [0.4, 0.5) is 18.3 Å². The van der Waals surface area contributed by atoms with Gasteiger partial charge >= 0.3 is 6.36 Å². The summed E-state index contributed by atoms with van der Waals surface area (Å²) in [6.45, 7) is 0. The van der Waals surface area contributed by atoms with Gasteiger partial charge in [-0.05, 0) is 34.7 Å². The number of hydrazone groups is 1. The summed E-state index contributed by atoms with van der Waals surface area (Å²) in [5.41, 5.74) is 4.50. The molecule has 0 aliphatic heterocycles. The van der Waals surface area contributed by atoms with Gasteiger partial charge < -0.3 is 9.84 Å². The van der Waals surface area contributed by atoms with Gasteiger partial charge in [0, 0.05) is 16.5 Å². The zero-order valence-electron chi connectivity index (χ0n) is 13.4. The van der Waals surface area contributed by atoms with Crippen molar-refractivity contribution < 1.29 is 23.0 Å². The molecule has 0 bridgehead atoms. The minimum atomic E-state index is -4.82. The molecule has 0 amide bonds. The second kappa shape index (κ2) is 8.13. The number of halogens is 4. The topological polar surface area (TPSA) is 66.7 Å². The van der Waals surface area contributed by atoms with Crippen LogP contribution in [0, 0.1) is 3.57 Å². The van der Waals surface area contributed by atoms with Gasteiger partial charge in [0.1, 0.15) is 11.5 Å². The van der Waals surface area contributed by atoms with Gasteiger partial charge in [-0.15, -0.1) is 24.5 Å². The Morgan fingerprint density at radius 1 is 1.22 bits per heavy atom. The van der Waals surface area contributed by atoms with Gasteiger partial charge in [0.25, 0.3) is 0 Å². The van der Waals surface area contributed by atoms with E-state index in [9.17, 15) is 18.3 Å². The summed E-state index contributed by atoms with van der Waals surface area (Å²) in [5.74, 6) is -0.633. The summed E-state index contributed by atoms with van der Waals surface area (Å²) in [4.78, 5) is 4.37. The maximum Gasteiger partial charge on any atom is 0.573 e. The number of alkyl halides is 3. The Morgan fingerprint density at radius 3 is 2.67 bits per heavy atom. The van der Waals surface area contributed by atoms with Crippen LogP contribution in [0.25, 0.3) is 11.3 Å². The Morgan fingerprint density at radius 2 is 1.96 bits per heavy atom. The van der Waals surface area contributed by atoms with E-state index < -0.39 is 12.1 Å². The number of aromatic nitrogens is 1. The number of ether oxygens (including phenoxy) is 1. The molecule has 27 heavy (non-hydrogen) atoms. The maximum absolute atomic E-state index is 12.4. The number of aromatic hydroxyl groups is 1. The number of rotatable bonds is 5. The molecule has 1 aromatic heterocycles. The minimum Gasteiger partial charge on any atom is -0.506 e. The molecule has 0 saturated heterocycles. The third-order valence-electron chi connectivity index (χ3n) is 3.24. The summed E-state index contributed by atoms with van der Waals surface area (Å²) >= 11 is 3.03. The van der Waals surface area contributed by atoms with Crippen LogP contribution < -0.4 is 10.2 Å². The first-order valence-electron chi connectivity index (χ1n) is 7.40. The number of phenols is 1. The molecule has 0 saturated carbocycles. The second-order valence-corrected chi connectivity index (χ2v) is 7.18. The molecule has 2 N–H and O–H groups in total. The molecule has 2 aromatic carbocycles. The van der Waals surface area contributed by atoms with E-state index in [-0.39, 0.29) is 14.9 Å². The molecule has 140 valence electrons. The highest BCUT2D eigenvalue weighted by Crippen LogP contribution is 2.32. The highest BCUT2D eigenvalue weighted by Gasteiger charge is 2.31. The van der Waals surface area contributed by atoms with Crippen molar-refractivity contribution in [1.29, 1.82) is 0 Å². The van der Waals surface area contributed by atoms with Crippen LogP contribution in [0.2, 0.25) is 0 Å². The summed E-state index contributed by atoms with van der Waals surface area (Å²) in [5, 5.41) is 16.3. The lowest BCUT2D eigenvalue weighted by molar-refractivity contribution is -0.274. The molecule has 0 atom stereocenters. The Kier molecular flexibility index (Phi) is 5.85. The normalized spacial score (nSPS) is 11.7. The largest absolute Gasteiger partial charge is 0.573 e. The van der Waals surface area contributed by atoms with Crippen LogP contribution in [-0.2, 0) is 0 Å². The number of hydrogen-bond acceptors (Lipinski definition) is 6. The molecule has 0 aliphatic carbocycles. The predicted molar refractivity (Wildman–Crippen MR) is 106 cm³/mol. The minimum absolute atomic E-state index is 0.0773. The van der Waals surface area contributed by atoms with Crippen LogP contribution in [0.3, 0.4) is 0 Å².